The van der Waals surface area contributed by atoms with E-state index in [1.54, 1.807) is 12.1 Å². The van der Waals surface area contributed by atoms with Gasteiger partial charge in [0.15, 0.2) is 5.76 Å². The van der Waals surface area contributed by atoms with Crippen LogP contribution in [-0.2, 0) is 9.53 Å². The maximum atomic E-state index is 15.0. The van der Waals surface area contributed by atoms with Crippen LogP contribution in [0, 0.1) is 33.7 Å². The number of aliphatic imine (C=N–C) groups is 1. The molecular weight excluding hydrogens is 461 g/mol. The van der Waals surface area contributed by atoms with Crippen molar-refractivity contribution in [3.05, 3.63) is 52.0 Å². The summed E-state index contributed by atoms with van der Waals surface area (Å²) >= 11 is 0. The van der Waals surface area contributed by atoms with Crippen LogP contribution in [-0.4, -0.2) is 62.0 Å². The Morgan fingerprint density at radius 3 is 2.71 bits per heavy atom. The highest BCUT2D eigenvalue weighted by Gasteiger charge is 2.55. The average Bonchev–Trinajstić information content (AvgIpc) is 3.25. The zero-order chi connectivity index (χ0) is 24.7. The van der Waals surface area contributed by atoms with Crippen LogP contribution in [0.4, 0.5) is 26.4 Å². The minimum absolute atomic E-state index is 0.210. The molecule has 2 aliphatic heterocycles. The van der Waals surface area contributed by atoms with Crippen molar-refractivity contribution >= 4 is 35.5 Å². The molecule has 0 bridgehead atoms. The van der Waals surface area contributed by atoms with Crippen molar-refractivity contribution in [3.8, 4) is 0 Å². The average molecular weight is 485 g/mol. The van der Waals surface area contributed by atoms with Crippen molar-refractivity contribution < 1.29 is 28.1 Å². The molecule has 3 atom stereocenters. The fourth-order valence-corrected chi connectivity index (χ4v) is 4.91. The normalized spacial score (nSPS) is 25.1. The van der Waals surface area contributed by atoms with E-state index >= 15 is 0 Å². The number of cyclic esters (lactones) is 1. The molecule has 2 unspecified atom stereocenters. The molecule has 1 aromatic heterocycles. The zero-order valence-corrected chi connectivity index (χ0v) is 18.9. The molecule has 11 nitrogen and oxygen atoms in total. The summed E-state index contributed by atoms with van der Waals surface area (Å²) in [5.41, 5.74) is 0.907. The molecule has 2 aromatic rings. The minimum Gasteiger partial charge on any atom is -0.442 e. The van der Waals surface area contributed by atoms with Crippen molar-refractivity contribution in [1.82, 2.24) is 5.32 Å². The molecule has 0 spiro atoms. The summed E-state index contributed by atoms with van der Waals surface area (Å²) < 4.78 is 25.3. The zero-order valence-electron chi connectivity index (χ0n) is 18.9. The molecule has 1 saturated carbocycles. The number of nitro groups is 1. The number of benzene rings is 1. The van der Waals surface area contributed by atoms with Crippen LogP contribution in [0.3, 0.4) is 0 Å². The lowest BCUT2D eigenvalue weighted by atomic mass is 10.2. The van der Waals surface area contributed by atoms with E-state index in [9.17, 15) is 24.1 Å². The Kier molecular flexibility index (Phi) is 5.87. The Balaban J connectivity index is 1.14. The molecule has 184 valence electrons. The number of carbonyl (C=O) groups excluding carboxylic acids is 2. The number of nitrogens with one attached hydrogen (secondary N) is 1. The fourth-order valence-electron chi connectivity index (χ4n) is 4.91. The van der Waals surface area contributed by atoms with Crippen molar-refractivity contribution in [3.63, 3.8) is 0 Å². The molecule has 35 heavy (non-hydrogen) atoms. The molecule has 2 saturated heterocycles. The molecule has 1 N–H and O–H groups in total. The first kappa shape index (κ1) is 22.8. The Hall–Kier alpha value is -3.96. The monoisotopic (exact) mass is 485 g/mol. The van der Waals surface area contributed by atoms with Crippen LogP contribution in [0.2, 0.25) is 0 Å². The Morgan fingerprint density at radius 2 is 2.06 bits per heavy atom. The first-order valence-electron chi connectivity index (χ1n) is 11.3. The van der Waals surface area contributed by atoms with Gasteiger partial charge in [0.25, 0.3) is 0 Å². The number of halogens is 1. The number of piperidine rings is 1. The standard InChI is InChI=1S/C23H24FN5O6/c1-13(30)26-8-16-10-28(23(31)35-16)14-2-4-21(20(24)6-14)27-11-18-17(19(18)12-27)9-25-7-15-3-5-22(34-15)29(32)33/h2-7,16-19H,8-12H2,1H3,(H,26,30)/t16-,17?,18?,19?/m0/s1. The third-order valence-electron chi connectivity index (χ3n) is 6.74. The molecule has 3 fully saturated rings. The topological polar surface area (TPSA) is 131 Å². The number of amides is 2. The molecule has 3 aliphatic rings. The van der Waals surface area contributed by atoms with Crippen molar-refractivity contribution in [2.75, 3.05) is 42.5 Å². The number of hydrogen-bond donors (Lipinski definition) is 1. The summed E-state index contributed by atoms with van der Waals surface area (Å²) in [6.07, 6.45) is 0.450. The second kappa shape index (κ2) is 9.01. The summed E-state index contributed by atoms with van der Waals surface area (Å²) in [5, 5.41) is 13.3. The third kappa shape index (κ3) is 4.68. The molecule has 1 aromatic carbocycles. The molecule has 3 heterocycles. The number of fused-ring (bicyclic) bond motifs is 1. The first-order valence-corrected chi connectivity index (χ1v) is 11.3. The van der Waals surface area contributed by atoms with Crippen LogP contribution in [0.25, 0.3) is 0 Å². The van der Waals surface area contributed by atoms with E-state index in [1.807, 2.05) is 4.90 Å². The van der Waals surface area contributed by atoms with Crippen LogP contribution in [0.1, 0.15) is 12.7 Å². The largest absolute Gasteiger partial charge is 0.442 e. The lowest BCUT2D eigenvalue weighted by Gasteiger charge is -2.23. The number of ether oxygens (including phenoxy) is 1. The maximum absolute atomic E-state index is 15.0. The van der Waals surface area contributed by atoms with E-state index in [0.29, 0.717) is 41.4 Å². The number of furan rings is 1. The van der Waals surface area contributed by atoms with Gasteiger partial charge in [0.2, 0.25) is 5.91 Å². The van der Waals surface area contributed by atoms with Gasteiger partial charge in [-0.2, -0.15) is 0 Å². The summed E-state index contributed by atoms with van der Waals surface area (Å²) in [4.78, 5) is 41.1. The van der Waals surface area contributed by atoms with Crippen LogP contribution >= 0.6 is 0 Å². The summed E-state index contributed by atoms with van der Waals surface area (Å²) in [6, 6.07) is 7.53. The highest BCUT2D eigenvalue weighted by Crippen LogP contribution is 2.53. The van der Waals surface area contributed by atoms with E-state index in [4.69, 9.17) is 9.15 Å². The predicted molar refractivity (Wildman–Crippen MR) is 123 cm³/mol. The Morgan fingerprint density at radius 1 is 1.29 bits per heavy atom. The van der Waals surface area contributed by atoms with Gasteiger partial charge in [-0.25, -0.2) is 9.18 Å². The van der Waals surface area contributed by atoms with Crippen molar-refractivity contribution in [1.29, 1.82) is 0 Å². The summed E-state index contributed by atoms with van der Waals surface area (Å²) in [6.45, 7) is 3.86. The van der Waals surface area contributed by atoms with Gasteiger partial charge < -0.3 is 19.4 Å². The van der Waals surface area contributed by atoms with E-state index in [0.717, 1.165) is 13.1 Å². The van der Waals surface area contributed by atoms with Gasteiger partial charge in [0.1, 0.15) is 16.8 Å². The third-order valence-corrected chi connectivity index (χ3v) is 6.74. The molecule has 2 amide bonds. The van der Waals surface area contributed by atoms with Crippen molar-refractivity contribution in [2.24, 2.45) is 22.7 Å². The SMILES string of the molecule is CC(=O)NC[C@H]1CN(c2ccc(N3CC4C(CN=Cc5ccc([N+](=O)[O-])o5)C4C3)c(F)c2)C(=O)O1. The minimum atomic E-state index is -0.593. The van der Waals surface area contributed by atoms with Gasteiger partial charge in [0.05, 0.1) is 36.7 Å². The number of hydrogen-bond acceptors (Lipinski definition) is 8. The van der Waals surface area contributed by atoms with Gasteiger partial charge >= 0.3 is 12.0 Å². The maximum Gasteiger partial charge on any atom is 0.433 e. The smallest absolute Gasteiger partial charge is 0.433 e. The summed E-state index contributed by atoms with van der Waals surface area (Å²) in [5.74, 6) is 0.641. The molecule has 5 rings (SSSR count). The van der Waals surface area contributed by atoms with E-state index in [1.165, 1.54) is 36.2 Å². The van der Waals surface area contributed by atoms with Crippen LogP contribution < -0.4 is 15.1 Å². The molecular formula is C23H24FN5O6. The van der Waals surface area contributed by atoms with E-state index in [2.05, 4.69) is 10.3 Å². The lowest BCUT2D eigenvalue weighted by Crippen LogP contribution is -2.33. The molecule has 12 heteroatoms. The predicted octanol–water partition coefficient (Wildman–Crippen LogP) is 2.59. The number of carbonyl (C=O) groups is 2. The quantitative estimate of drug-likeness (QED) is 0.345. The lowest BCUT2D eigenvalue weighted by molar-refractivity contribution is -0.402. The van der Waals surface area contributed by atoms with Crippen LogP contribution in [0.15, 0.2) is 39.7 Å². The number of rotatable bonds is 8. The fraction of sp³-hybridized carbons (Fsp3) is 0.435. The Labute approximate surface area is 199 Å². The molecule has 0 radical (unpaired) electrons. The Bertz CT molecular complexity index is 1190. The second-order valence-corrected chi connectivity index (χ2v) is 9.01. The van der Waals surface area contributed by atoms with Gasteiger partial charge in [-0.1, -0.05) is 0 Å². The van der Waals surface area contributed by atoms with Gasteiger partial charge in [0, 0.05) is 26.6 Å². The van der Waals surface area contributed by atoms with E-state index in [-0.39, 0.29) is 24.9 Å². The first-order chi connectivity index (χ1) is 16.8. The van der Waals surface area contributed by atoms with Crippen molar-refractivity contribution in [2.45, 2.75) is 13.0 Å². The summed E-state index contributed by atoms with van der Waals surface area (Å²) in [7, 11) is 0. The van der Waals surface area contributed by atoms with Gasteiger partial charge in [-0.3, -0.25) is 24.8 Å². The van der Waals surface area contributed by atoms with Crippen LogP contribution in [0.5, 0.6) is 0 Å². The highest BCUT2D eigenvalue weighted by atomic mass is 19.1. The number of nitrogens with zero attached hydrogens (tertiary/aromatic N) is 4. The number of anilines is 2. The van der Waals surface area contributed by atoms with Gasteiger partial charge in [-0.15, -0.1) is 0 Å². The van der Waals surface area contributed by atoms with Gasteiger partial charge in [-0.05, 0) is 42.0 Å². The van der Waals surface area contributed by atoms with E-state index < -0.39 is 22.9 Å². The molecule has 1 aliphatic carbocycles. The second-order valence-electron chi connectivity index (χ2n) is 9.01. The highest BCUT2D eigenvalue weighted by molar-refractivity contribution is 5.90.